The predicted molar refractivity (Wildman–Crippen MR) is 271 cm³/mol. The first-order valence-electron chi connectivity index (χ1n) is 24.1. The summed E-state index contributed by atoms with van der Waals surface area (Å²) in [5.41, 5.74) is 17.2. The lowest BCUT2D eigenvalue weighted by atomic mass is 9.85. The molecule has 1 saturated heterocycles. The van der Waals surface area contributed by atoms with E-state index in [0.29, 0.717) is 28.7 Å². The van der Waals surface area contributed by atoms with Gasteiger partial charge in [0.1, 0.15) is 60.3 Å². The number of ether oxygens (including phenoxy) is 5. The Labute approximate surface area is 422 Å². The summed E-state index contributed by atoms with van der Waals surface area (Å²) < 4.78 is 29.9. The van der Waals surface area contributed by atoms with Crippen molar-refractivity contribution >= 4 is 57.9 Å². The summed E-state index contributed by atoms with van der Waals surface area (Å²) in [6.07, 6.45) is 6.57. The second-order valence-corrected chi connectivity index (χ2v) is 19.8. The lowest BCUT2D eigenvalue weighted by Crippen LogP contribution is -2.58. The molecule has 1 aliphatic carbocycles. The fraction of sp³-hybridized carbons (Fsp3) is 0.500. The summed E-state index contributed by atoms with van der Waals surface area (Å²) in [7, 11) is 1.53. The number of fused-ring (bicyclic) bond motifs is 1. The molecule has 4 heterocycles. The van der Waals surface area contributed by atoms with Crippen molar-refractivity contribution in [1.29, 1.82) is 0 Å². The highest BCUT2D eigenvalue weighted by atomic mass is 32.1. The fourth-order valence-electron chi connectivity index (χ4n) is 8.66. The van der Waals surface area contributed by atoms with Crippen molar-refractivity contribution in [3.05, 3.63) is 77.3 Å². The van der Waals surface area contributed by atoms with Gasteiger partial charge in [-0.3, -0.25) is 23.6 Å². The van der Waals surface area contributed by atoms with Crippen LogP contribution >= 0.6 is 11.3 Å². The molecule has 3 aromatic heterocycles. The van der Waals surface area contributed by atoms with E-state index >= 15 is 0 Å². The first-order valence-corrected chi connectivity index (χ1v) is 25.0. The van der Waals surface area contributed by atoms with Gasteiger partial charge in [0.05, 0.1) is 68.5 Å². The highest BCUT2D eigenvalue weighted by Crippen LogP contribution is 2.32. The summed E-state index contributed by atoms with van der Waals surface area (Å²) in [6.45, 7) is 8.63. The van der Waals surface area contributed by atoms with Crippen LogP contribution in [-0.4, -0.2) is 143 Å². The minimum Gasteiger partial charge on any atom is -0.497 e. The Balaban J connectivity index is 0.795. The van der Waals surface area contributed by atoms with Crippen LogP contribution in [0.3, 0.4) is 0 Å². The van der Waals surface area contributed by atoms with Crippen LogP contribution < -0.4 is 42.2 Å². The zero-order chi connectivity index (χ0) is 51.4. The number of methoxy groups -OCH3 is 1. The van der Waals surface area contributed by atoms with Gasteiger partial charge in [0, 0.05) is 55.5 Å². The average Bonchev–Trinajstić information content (AvgIpc) is 4.09. The monoisotopic (exact) mass is 1010 g/mol. The largest absolute Gasteiger partial charge is 0.497 e. The summed E-state index contributed by atoms with van der Waals surface area (Å²) in [6, 6.07) is 11.2. The summed E-state index contributed by atoms with van der Waals surface area (Å²) in [4.78, 5) is 69.1. The highest BCUT2D eigenvalue weighted by Gasteiger charge is 2.44. The molecule has 2 aliphatic rings. The number of likely N-dealkylation sites (tertiary alicyclic amines) is 1. The Morgan fingerprint density at radius 1 is 0.944 bits per heavy atom. The van der Waals surface area contributed by atoms with E-state index in [4.69, 9.17) is 35.2 Å². The molecule has 388 valence electrons. The van der Waals surface area contributed by atoms with Gasteiger partial charge in [-0.05, 0) is 36.3 Å². The Hall–Kier alpha value is -6.43. The number of imidazole rings is 1. The number of amides is 4. The molecule has 0 bridgehead atoms. The Morgan fingerprint density at radius 2 is 1.65 bits per heavy atom. The van der Waals surface area contributed by atoms with E-state index in [1.165, 1.54) is 12.0 Å². The molecule has 5 aromatic rings. The maximum Gasteiger partial charge on any atom is 0.256 e. The van der Waals surface area contributed by atoms with E-state index in [1.54, 1.807) is 52.0 Å². The molecule has 1 aliphatic heterocycles. The van der Waals surface area contributed by atoms with E-state index in [0.717, 1.165) is 47.4 Å². The number of aryl methyl sites for hydroxylation is 1. The second kappa shape index (κ2) is 24.8. The topological polar surface area (TPSA) is 281 Å². The van der Waals surface area contributed by atoms with Crippen molar-refractivity contribution in [1.82, 2.24) is 34.9 Å². The van der Waals surface area contributed by atoms with Gasteiger partial charge in [-0.15, -0.1) is 11.3 Å². The molecular formula is C50H67N11O10S. The molecule has 0 radical (unpaired) electrons. The highest BCUT2D eigenvalue weighted by molar-refractivity contribution is 7.13. The van der Waals surface area contributed by atoms with Crippen LogP contribution in [0.15, 0.2) is 60.5 Å². The lowest BCUT2D eigenvalue weighted by Gasteiger charge is -2.35. The number of carbonyl (C=O) groups is 4. The summed E-state index contributed by atoms with van der Waals surface area (Å²) in [5.74, 6) is -0.277. The quantitative estimate of drug-likeness (QED) is 0.0431. The molecule has 5 atom stereocenters. The number of aliphatic hydroxyl groups excluding tert-OH is 1. The van der Waals surface area contributed by atoms with E-state index in [2.05, 4.69) is 36.2 Å². The molecule has 4 amide bonds. The normalized spacial score (nSPS) is 18.4. The number of nitrogens with two attached hydrogens (primary N) is 2. The van der Waals surface area contributed by atoms with Gasteiger partial charge in [0.15, 0.2) is 5.65 Å². The van der Waals surface area contributed by atoms with E-state index < -0.39 is 41.3 Å². The first-order chi connectivity index (χ1) is 34.6. The number of anilines is 3. The zero-order valence-electron chi connectivity index (χ0n) is 41.5. The third-order valence-electron chi connectivity index (χ3n) is 12.5. The van der Waals surface area contributed by atoms with Crippen molar-refractivity contribution in [3.63, 3.8) is 0 Å². The maximum atomic E-state index is 14.0. The number of hydrogen-bond acceptors (Lipinski definition) is 17. The van der Waals surface area contributed by atoms with Gasteiger partial charge in [-0.1, -0.05) is 57.9 Å². The van der Waals surface area contributed by atoms with Crippen molar-refractivity contribution in [2.24, 2.45) is 16.9 Å². The molecular weight excluding hydrogens is 947 g/mol. The molecule has 1 saturated carbocycles. The molecule has 72 heavy (non-hydrogen) atoms. The third-order valence-corrected chi connectivity index (χ3v) is 13.4. The molecule has 2 aromatic carbocycles. The van der Waals surface area contributed by atoms with E-state index in [1.807, 2.05) is 52.0 Å². The van der Waals surface area contributed by atoms with Crippen LogP contribution in [0.5, 0.6) is 11.5 Å². The number of aromatic nitrogens is 4. The van der Waals surface area contributed by atoms with Gasteiger partial charge in [0.2, 0.25) is 17.7 Å². The number of rotatable bonds is 24. The number of hydrogen-bond donors (Lipinski definition) is 7. The molecule has 9 N–H and O–H groups in total. The maximum absolute atomic E-state index is 14.0. The van der Waals surface area contributed by atoms with Crippen LogP contribution in [0.2, 0.25) is 0 Å². The second-order valence-electron chi connectivity index (χ2n) is 19.0. The molecule has 7 rings (SSSR count). The van der Waals surface area contributed by atoms with Crippen LogP contribution in [0.25, 0.3) is 16.1 Å². The van der Waals surface area contributed by atoms with Gasteiger partial charge in [-0.2, -0.15) is 0 Å². The third kappa shape index (κ3) is 14.2. The molecule has 22 heteroatoms. The molecule has 21 nitrogen and oxygen atoms in total. The SMILES string of the molecule is COc1cc(Nc2ncn3cc(N[C@H]4CCCC[C@H]4N)nc3c2C(N)=O)cc(OCCOCCOCCOCC(=O)N[C@H](C(=O)N2C[C@H](O)C[C@H]2C(=O)NCc2ccc(-c3scnc3C)cc2)C(C)(C)C)c1. The van der Waals surface area contributed by atoms with Crippen LogP contribution in [0.4, 0.5) is 17.3 Å². The van der Waals surface area contributed by atoms with Gasteiger partial charge < -0.3 is 66.4 Å². The number of aliphatic hydroxyl groups is 1. The first kappa shape index (κ1) is 53.4. The van der Waals surface area contributed by atoms with Crippen molar-refractivity contribution < 1.29 is 48.0 Å². The number of thiazole rings is 1. The minimum absolute atomic E-state index is 0.0162. The predicted octanol–water partition coefficient (Wildman–Crippen LogP) is 3.93. The fourth-order valence-corrected chi connectivity index (χ4v) is 9.48. The number of benzene rings is 2. The smallest absolute Gasteiger partial charge is 0.256 e. The van der Waals surface area contributed by atoms with Gasteiger partial charge >= 0.3 is 0 Å². The minimum atomic E-state index is -0.988. The molecule has 0 unspecified atom stereocenters. The van der Waals surface area contributed by atoms with Crippen molar-refractivity contribution in [2.75, 3.05) is 70.5 Å². The van der Waals surface area contributed by atoms with Crippen LogP contribution in [0, 0.1) is 12.3 Å². The standard InChI is InChI=1S/C50H67N11O10S/c1-30-43(72-29-55-30)32-12-10-31(11-13-32)24-53-48(65)39-22-34(62)25-61(39)49(66)44(50(2,3)4)59-41(63)27-70-17-16-68-14-15-69-18-19-71-36-21-33(20-35(23-36)67-5)56-46-42(45(52)64)47-58-40(26-60(47)28-54-46)57-38-9-7-6-8-37(38)51/h10-13,20-21,23,26,28-29,34,37-39,44,56-57,62H,6-9,14-19,22,24-25,27,51H2,1-5H3,(H2,52,64)(H,53,65)(H,59,63)/t34-,37-,38+,39+,44-/m1/s1. The molecule has 0 spiro atoms. The van der Waals surface area contributed by atoms with Gasteiger partial charge in [-0.25, -0.2) is 15.0 Å². The van der Waals surface area contributed by atoms with Gasteiger partial charge in [0.25, 0.3) is 5.91 Å². The lowest BCUT2D eigenvalue weighted by molar-refractivity contribution is -0.144. The average molecular weight is 1010 g/mol. The van der Waals surface area contributed by atoms with Crippen LogP contribution in [0.1, 0.15) is 74.5 Å². The zero-order valence-corrected chi connectivity index (χ0v) is 42.3. The Bertz CT molecular complexity index is 2640. The summed E-state index contributed by atoms with van der Waals surface area (Å²) >= 11 is 1.57. The van der Waals surface area contributed by atoms with Crippen LogP contribution in [-0.2, 0) is 35.1 Å². The van der Waals surface area contributed by atoms with Crippen molar-refractivity contribution in [3.8, 4) is 21.9 Å². The number of nitrogens with one attached hydrogen (secondary N) is 4. The van der Waals surface area contributed by atoms with E-state index in [9.17, 15) is 24.3 Å². The molecule has 2 fully saturated rings. The number of nitrogens with zero attached hydrogens (tertiary/aromatic N) is 5. The number of β-amino-alcohol motifs (C(OH)–C–C–N with tert-alkyl or cyclic N) is 1. The van der Waals surface area contributed by atoms with E-state index in [-0.39, 0.29) is 95.1 Å². The Morgan fingerprint density at radius 3 is 2.33 bits per heavy atom. The van der Waals surface area contributed by atoms with Crippen molar-refractivity contribution in [2.45, 2.75) is 96.6 Å². The Kier molecular flexibility index (Phi) is 18.4. The number of primary amides is 1. The number of carbonyl (C=O) groups excluding carboxylic acids is 4. The summed E-state index contributed by atoms with van der Waals surface area (Å²) in [5, 5.41) is 22.9.